The van der Waals surface area contributed by atoms with Crippen LogP contribution in [-0.4, -0.2) is 4.57 Å². The van der Waals surface area contributed by atoms with Crippen LogP contribution in [0.3, 0.4) is 0 Å². The second-order valence-electron chi connectivity index (χ2n) is 10.5. The maximum atomic E-state index is 6.66. The lowest BCUT2D eigenvalue weighted by atomic mass is 9.88. The van der Waals surface area contributed by atoms with Crippen molar-refractivity contribution in [1.29, 1.82) is 0 Å². The molecule has 0 spiro atoms. The van der Waals surface area contributed by atoms with E-state index in [2.05, 4.69) is 138 Å². The summed E-state index contributed by atoms with van der Waals surface area (Å²) in [5.41, 5.74) is 12.0. The summed E-state index contributed by atoms with van der Waals surface area (Å²) in [6.45, 7) is 0. The normalized spacial score (nSPS) is 13.0. The van der Waals surface area contributed by atoms with Crippen LogP contribution in [0, 0.1) is 0 Å². The van der Waals surface area contributed by atoms with Gasteiger partial charge in [0.2, 0.25) is 0 Å². The van der Waals surface area contributed by atoms with Crippen molar-refractivity contribution in [1.82, 2.24) is 4.57 Å². The SMILES string of the molecule is c1ccc2c(c1)-c1ccccc1C2c1cccc2c1oc1ccc(-n3c4ccccc4c4ccccc43)cc12. The van der Waals surface area contributed by atoms with Crippen molar-refractivity contribution in [2.45, 2.75) is 5.92 Å². The number of hydrogen-bond acceptors (Lipinski definition) is 1. The standard InChI is InChI=1S/C37H23NO/c1-3-14-28-24(10-1)25-11-2-4-15-29(25)36(28)31-17-9-16-30-32-22-23(20-21-35(32)39-37(30)31)38-33-18-7-5-12-26(33)27-13-6-8-19-34(27)38/h1-22,36H. The first-order chi connectivity index (χ1) is 19.4. The maximum absolute atomic E-state index is 6.66. The van der Waals surface area contributed by atoms with Crippen LogP contribution in [0.4, 0.5) is 0 Å². The van der Waals surface area contributed by atoms with E-state index in [9.17, 15) is 0 Å². The minimum Gasteiger partial charge on any atom is -0.456 e. The molecule has 0 amide bonds. The summed E-state index contributed by atoms with van der Waals surface area (Å²) in [5, 5.41) is 4.84. The first-order valence-corrected chi connectivity index (χ1v) is 13.5. The van der Waals surface area contributed by atoms with Gasteiger partial charge in [0.1, 0.15) is 11.2 Å². The van der Waals surface area contributed by atoms with Crippen LogP contribution in [0.2, 0.25) is 0 Å². The summed E-state index contributed by atoms with van der Waals surface area (Å²) < 4.78 is 9.04. The van der Waals surface area contributed by atoms with Crippen LogP contribution < -0.4 is 0 Å². The van der Waals surface area contributed by atoms with Gasteiger partial charge in [-0.25, -0.2) is 0 Å². The molecule has 182 valence electrons. The second-order valence-corrected chi connectivity index (χ2v) is 10.5. The van der Waals surface area contributed by atoms with Gasteiger partial charge in [-0.3, -0.25) is 0 Å². The molecular weight excluding hydrogens is 474 g/mol. The smallest absolute Gasteiger partial charge is 0.139 e. The quantitative estimate of drug-likeness (QED) is 0.232. The third-order valence-electron chi connectivity index (χ3n) is 8.49. The highest BCUT2D eigenvalue weighted by Gasteiger charge is 2.31. The number of hydrogen-bond donors (Lipinski definition) is 0. The van der Waals surface area contributed by atoms with E-state index >= 15 is 0 Å². The average Bonchev–Trinajstić information content (AvgIpc) is 3.65. The fourth-order valence-electron chi connectivity index (χ4n) is 6.87. The van der Waals surface area contributed by atoms with Crippen molar-refractivity contribution in [3.63, 3.8) is 0 Å². The van der Waals surface area contributed by atoms with Crippen molar-refractivity contribution in [2.75, 3.05) is 0 Å². The zero-order valence-corrected chi connectivity index (χ0v) is 21.1. The van der Waals surface area contributed by atoms with E-state index in [4.69, 9.17) is 4.42 Å². The minimum absolute atomic E-state index is 0.151. The van der Waals surface area contributed by atoms with Crippen LogP contribution in [0.5, 0.6) is 0 Å². The Balaban J connectivity index is 1.30. The molecule has 0 saturated carbocycles. The van der Waals surface area contributed by atoms with Gasteiger partial charge in [0.05, 0.1) is 11.0 Å². The number of furan rings is 1. The second kappa shape index (κ2) is 7.72. The molecule has 8 aromatic rings. The number of rotatable bonds is 2. The van der Waals surface area contributed by atoms with Crippen LogP contribution >= 0.6 is 0 Å². The van der Waals surface area contributed by atoms with E-state index in [1.807, 2.05) is 0 Å². The Morgan fingerprint density at radius 1 is 0.462 bits per heavy atom. The summed E-state index contributed by atoms with van der Waals surface area (Å²) in [6.07, 6.45) is 0. The van der Waals surface area contributed by atoms with Crippen LogP contribution in [0.25, 0.3) is 60.6 Å². The summed E-state index contributed by atoms with van der Waals surface area (Å²) in [5.74, 6) is 0.151. The lowest BCUT2D eigenvalue weighted by Crippen LogP contribution is -1.99. The molecule has 2 nitrogen and oxygen atoms in total. The van der Waals surface area contributed by atoms with Crippen LogP contribution in [-0.2, 0) is 0 Å². The molecule has 0 unspecified atom stereocenters. The van der Waals surface area contributed by atoms with Crippen molar-refractivity contribution in [3.8, 4) is 16.8 Å². The molecule has 9 rings (SSSR count). The Labute approximate surface area is 225 Å². The molecule has 0 N–H and O–H groups in total. The van der Waals surface area contributed by atoms with E-state index < -0.39 is 0 Å². The van der Waals surface area contributed by atoms with Gasteiger partial charge in [-0.05, 0) is 52.6 Å². The molecular formula is C37H23NO. The van der Waals surface area contributed by atoms with Crippen LogP contribution in [0.15, 0.2) is 138 Å². The Bertz CT molecular complexity index is 2150. The first-order valence-electron chi connectivity index (χ1n) is 13.5. The first kappa shape index (κ1) is 20.9. The minimum atomic E-state index is 0.151. The summed E-state index contributed by atoms with van der Waals surface area (Å²) in [6, 6.07) is 48.1. The van der Waals surface area contributed by atoms with Crippen molar-refractivity contribution >= 4 is 43.7 Å². The van der Waals surface area contributed by atoms with E-state index in [1.54, 1.807) is 0 Å². The molecule has 2 heteroatoms. The predicted octanol–water partition coefficient (Wildman–Crippen LogP) is 9.84. The fourth-order valence-corrected chi connectivity index (χ4v) is 6.87. The van der Waals surface area contributed by atoms with Gasteiger partial charge >= 0.3 is 0 Å². The molecule has 0 aliphatic heterocycles. The highest BCUT2D eigenvalue weighted by Crippen LogP contribution is 2.50. The Hall–Kier alpha value is -5.08. The summed E-state index contributed by atoms with van der Waals surface area (Å²) in [7, 11) is 0. The summed E-state index contributed by atoms with van der Waals surface area (Å²) in [4.78, 5) is 0. The van der Waals surface area contributed by atoms with E-state index in [1.165, 1.54) is 49.6 Å². The molecule has 0 fully saturated rings. The summed E-state index contributed by atoms with van der Waals surface area (Å²) >= 11 is 0. The number of fused-ring (bicyclic) bond motifs is 9. The molecule has 6 aromatic carbocycles. The monoisotopic (exact) mass is 497 g/mol. The number of nitrogens with zero attached hydrogens (tertiary/aromatic N) is 1. The Morgan fingerprint density at radius 2 is 1.03 bits per heavy atom. The third kappa shape index (κ3) is 2.81. The van der Waals surface area contributed by atoms with Gasteiger partial charge in [-0.15, -0.1) is 0 Å². The van der Waals surface area contributed by atoms with Crippen LogP contribution in [0.1, 0.15) is 22.6 Å². The highest BCUT2D eigenvalue weighted by atomic mass is 16.3. The van der Waals surface area contributed by atoms with E-state index in [0.717, 1.165) is 27.6 Å². The molecule has 2 heterocycles. The predicted molar refractivity (Wildman–Crippen MR) is 161 cm³/mol. The van der Waals surface area contributed by atoms with Crippen molar-refractivity contribution < 1.29 is 4.42 Å². The Kier molecular flexibility index (Phi) is 4.14. The molecule has 1 aliphatic carbocycles. The Morgan fingerprint density at radius 3 is 1.72 bits per heavy atom. The molecule has 2 aromatic heterocycles. The van der Waals surface area contributed by atoms with Gasteiger partial charge in [-0.2, -0.15) is 0 Å². The van der Waals surface area contributed by atoms with E-state index in [0.29, 0.717) is 0 Å². The van der Waals surface area contributed by atoms with Gasteiger partial charge < -0.3 is 8.98 Å². The fraction of sp³-hybridized carbons (Fsp3) is 0.0270. The van der Waals surface area contributed by atoms with E-state index in [-0.39, 0.29) is 5.92 Å². The average molecular weight is 498 g/mol. The number of aromatic nitrogens is 1. The van der Waals surface area contributed by atoms with Crippen molar-refractivity contribution in [2.24, 2.45) is 0 Å². The molecule has 1 aliphatic rings. The van der Waals surface area contributed by atoms with Gasteiger partial charge in [0, 0.05) is 38.7 Å². The molecule has 0 saturated heterocycles. The van der Waals surface area contributed by atoms with Gasteiger partial charge in [0.25, 0.3) is 0 Å². The topological polar surface area (TPSA) is 18.1 Å². The number of benzene rings is 6. The molecule has 0 atom stereocenters. The van der Waals surface area contributed by atoms with Gasteiger partial charge in [0.15, 0.2) is 0 Å². The maximum Gasteiger partial charge on any atom is 0.139 e. The largest absolute Gasteiger partial charge is 0.456 e. The lowest BCUT2D eigenvalue weighted by molar-refractivity contribution is 0.661. The third-order valence-corrected chi connectivity index (χ3v) is 8.49. The molecule has 0 radical (unpaired) electrons. The zero-order valence-electron chi connectivity index (χ0n) is 21.1. The highest BCUT2D eigenvalue weighted by molar-refractivity contribution is 6.11. The lowest BCUT2D eigenvalue weighted by Gasteiger charge is -2.14. The van der Waals surface area contributed by atoms with Crippen molar-refractivity contribution in [3.05, 3.63) is 150 Å². The number of para-hydroxylation sites is 3. The van der Waals surface area contributed by atoms with Gasteiger partial charge in [-0.1, -0.05) is 103 Å². The zero-order chi connectivity index (χ0) is 25.5. The molecule has 39 heavy (non-hydrogen) atoms. The molecule has 0 bridgehead atoms.